The fourth-order valence-electron chi connectivity index (χ4n) is 2.95. The normalized spacial score (nSPS) is 16.9. The second-order valence-corrected chi connectivity index (χ2v) is 8.85. The van der Waals surface area contributed by atoms with Gasteiger partial charge in [0, 0.05) is 18.7 Å². The molecule has 0 radical (unpaired) electrons. The molecule has 3 rings (SSSR count). The molecule has 0 saturated heterocycles. The van der Waals surface area contributed by atoms with Gasteiger partial charge in [-0.25, -0.2) is 13.1 Å². The molecule has 29 heavy (non-hydrogen) atoms. The number of amides is 1. The zero-order valence-corrected chi connectivity index (χ0v) is 17.6. The lowest BCUT2D eigenvalue weighted by Gasteiger charge is -2.29. The zero-order chi connectivity index (χ0) is 21.0. The van der Waals surface area contributed by atoms with Crippen LogP contribution >= 0.6 is 0 Å². The molecule has 1 aliphatic rings. The van der Waals surface area contributed by atoms with E-state index in [1.54, 1.807) is 18.9 Å². The molecule has 156 valence electrons. The van der Waals surface area contributed by atoms with Crippen molar-refractivity contribution in [2.24, 2.45) is 0 Å². The molecule has 0 fully saturated rings. The maximum atomic E-state index is 12.7. The first-order chi connectivity index (χ1) is 13.8. The van der Waals surface area contributed by atoms with Crippen LogP contribution in [0.25, 0.3) is 0 Å². The number of fused-ring (bicyclic) bond motifs is 1. The Morgan fingerprint density at radius 1 is 1.17 bits per heavy atom. The number of nitrogens with zero attached hydrogens (tertiary/aromatic N) is 1. The Morgan fingerprint density at radius 2 is 1.83 bits per heavy atom. The van der Waals surface area contributed by atoms with E-state index >= 15 is 0 Å². The van der Waals surface area contributed by atoms with Crippen LogP contribution in [0.1, 0.15) is 30.6 Å². The fraction of sp³-hybridized carbons (Fsp3) is 0.381. The Morgan fingerprint density at radius 3 is 2.48 bits per heavy atom. The van der Waals surface area contributed by atoms with E-state index in [0.717, 1.165) is 0 Å². The molecular formula is C21H26N2O5S. The number of rotatable bonds is 7. The SMILES string of the molecule is CCC(C)NS(=O)(=O)c1ccc(C(=O)N(C)CC2COc3ccccc3O2)cc1. The highest BCUT2D eigenvalue weighted by molar-refractivity contribution is 7.89. The molecule has 2 atom stereocenters. The lowest BCUT2D eigenvalue weighted by Crippen LogP contribution is -2.41. The van der Waals surface area contributed by atoms with E-state index in [2.05, 4.69) is 4.72 Å². The number of hydrogen-bond acceptors (Lipinski definition) is 5. The first kappa shape index (κ1) is 21.1. The molecule has 0 bridgehead atoms. The van der Waals surface area contributed by atoms with Crippen LogP contribution in [-0.4, -0.2) is 51.6 Å². The molecule has 1 aliphatic heterocycles. The summed E-state index contributed by atoms with van der Waals surface area (Å²) in [5, 5.41) is 0. The van der Waals surface area contributed by atoms with Gasteiger partial charge < -0.3 is 14.4 Å². The maximum Gasteiger partial charge on any atom is 0.253 e. The van der Waals surface area contributed by atoms with E-state index in [4.69, 9.17) is 9.47 Å². The van der Waals surface area contributed by atoms with Crippen molar-refractivity contribution in [2.45, 2.75) is 37.3 Å². The van der Waals surface area contributed by atoms with Crippen molar-refractivity contribution >= 4 is 15.9 Å². The number of carbonyl (C=O) groups excluding carboxylic acids is 1. The van der Waals surface area contributed by atoms with Crippen molar-refractivity contribution in [2.75, 3.05) is 20.2 Å². The third kappa shape index (κ3) is 5.07. The zero-order valence-electron chi connectivity index (χ0n) is 16.8. The van der Waals surface area contributed by atoms with Crippen LogP contribution in [0, 0.1) is 0 Å². The topological polar surface area (TPSA) is 84.9 Å². The number of benzene rings is 2. The van der Waals surface area contributed by atoms with Gasteiger partial charge in [0.25, 0.3) is 5.91 Å². The Kier molecular flexibility index (Phi) is 6.44. The van der Waals surface area contributed by atoms with Crippen LogP contribution in [-0.2, 0) is 10.0 Å². The minimum absolute atomic E-state index is 0.137. The number of ether oxygens (including phenoxy) is 2. The monoisotopic (exact) mass is 418 g/mol. The van der Waals surface area contributed by atoms with Crippen molar-refractivity contribution in [3.05, 3.63) is 54.1 Å². The first-order valence-corrected chi connectivity index (χ1v) is 11.0. The van der Waals surface area contributed by atoms with Gasteiger partial charge in [0.2, 0.25) is 10.0 Å². The summed E-state index contributed by atoms with van der Waals surface area (Å²) in [6.45, 7) is 4.42. The highest BCUT2D eigenvalue weighted by Gasteiger charge is 2.24. The molecule has 2 unspecified atom stereocenters. The quantitative estimate of drug-likeness (QED) is 0.747. The van der Waals surface area contributed by atoms with Gasteiger partial charge in [-0.2, -0.15) is 0 Å². The van der Waals surface area contributed by atoms with E-state index in [9.17, 15) is 13.2 Å². The van der Waals surface area contributed by atoms with Crippen molar-refractivity contribution in [3.63, 3.8) is 0 Å². The van der Waals surface area contributed by atoms with Crippen molar-refractivity contribution in [1.29, 1.82) is 0 Å². The molecule has 0 aromatic heterocycles. The minimum atomic E-state index is -3.60. The fourth-order valence-corrected chi connectivity index (χ4v) is 4.28. The molecule has 7 nitrogen and oxygen atoms in total. The molecule has 1 amide bonds. The number of para-hydroxylation sites is 2. The molecule has 2 aromatic carbocycles. The van der Waals surface area contributed by atoms with Gasteiger partial charge in [0.05, 0.1) is 11.4 Å². The van der Waals surface area contributed by atoms with Crippen LogP contribution in [0.3, 0.4) is 0 Å². The third-order valence-electron chi connectivity index (χ3n) is 4.77. The standard InChI is InChI=1S/C21H26N2O5S/c1-4-15(2)22-29(25,26)18-11-9-16(10-12-18)21(24)23(3)13-17-14-27-19-7-5-6-8-20(19)28-17/h5-12,15,17,22H,4,13-14H2,1-3H3. The molecule has 1 N–H and O–H groups in total. The number of hydrogen-bond donors (Lipinski definition) is 1. The number of carbonyl (C=O) groups is 1. The van der Waals surface area contributed by atoms with E-state index in [0.29, 0.717) is 36.6 Å². The second-order valence-electron chi connectivity index (χ2n) is 7.14. The Labute approximate surface area is 171 Å². The van der Waals surface area contributed by atoms with Gasteiger partial charge in [-0.3, -0.25) is 4.79 Å². The van der Waals surface area contributed by atoms with Gasteiger partial charge >= 0.3 is 0 Å². The summed E-state index contributed by atoms with van der Waals surface area (Å²) in [5.41, 5.74) is 0.409. The summed E-state index contributed by atoms with van der Waals surface area (Å²) >= 11 is 0. The van der Waals surface area contributed by atoms with E-state index in [1.165, 1.54) is 24.3 Å². The summed E-state index contributed by atoms with van der Waals surface area (Å²) in [4.78, 5) is 14.4. The van der Waals surface area contributed by atoms with Crippen LogP contribution in [0.15, 0.2) is 53.4 Å². The summed E-state index contributed by atoms with van der Waals surface area (Å²) in [5.74, 6) is 1.14. The molecular weight excluding hydrogens is 392 g/mol. The van der Waals surface area contributed by atoms with E-state index in [1.807, 2.05) is 31.2 Å². The average Bonchev–Trinajstić information content (AvgIpc) is 2.72. The van der Waals surface area contributed by atoms with Gasteiger partial charge in [-0.05, 0) is 49.7 Å². The van der Waals surface area contributed by atoms with E-state index < -0.39 is 10.0 Å². The largest absolute Gasteiger partial charge is 0.486 e. The summed E-state index contributed by atoms with van der Waals surface area (Å²) in [6, 6.07) is 13.2. The smallest absolute Gasteiger partial charge is 0.253 e. The molecule has 8 heteroatoms. The summed E-state index contributed by atoms with van der Waals surface area (Å²) in [7, 11) is -1.91. The number of nitrogens with one attached hydrogen (secondary N) is 1. The lowest BCUT2D eigenvalue weighted by molar-refractivity contribution is 0.0521. The Bertz CT molecular complexity index is 959. The predicted molar refractivity (Wildman–Crippen MR) is 110 cm³/mol. The molecule has 1 heterocycles. The maximum absolute atomic E-state index is 12.7. The minimum Gasteiger partial charge on any atom is -0.486 e. The number of sulfonamides is 1. The van der Waals surface area contributed by atoms with Crippen molar-refractivity contribution in [3.8, 4) is 11.5 Å². The highest BCUT2D eigenvalue weighted by atomic mass is 32.2. The number of likely N-dealkylation sites (N-methyl/N-ethyl adjacent to an activating group) is 1. The summed E-state index contributed by atoms with van der Waals surface area (Å²) in [6.07, 6.45) is 0.413. The molecule has 0 aliphatic carbocycles. The average molecular weight is 419 g/mol. The molecule has 2 aromatic rings. The Hall–Kier alpha value is -2.58. The van der Waals surface area contributed by atoms with E-state index in [-0.39, 0.29) is 22.9 Å². The van der Waals surface area contributed by atoms with Gasteiger partial charge in [0.1, 0.15) is 6.61 Å². The van der Waals surface area contributed by atoms with Crippen LogP contribution in [0.4, 0.5) is 0 Å². The van der Waals surface area contributed by atoms with Crippen LogP contribution in [0.5, 0.6) is 11.5 Å². The van der Waals surface area contributed by atoms with Crippen molar-refractivity contribution < 1.29 is 22.7 Å². The van der Waals surface area contributed by atoms with Gasteiger partial charge in [0.15, 0.2) is 17.6 Å². The highest BCUT2D eigenvalue weighted by Crippen LogP contribution is 2.31. The predicted octanol–water partition coefficient (Wildman–Crippen LogP) is 2.68. The van der Waals surface area contributed by atoms with Crippen LogP contribution < -0.4 is 14.2 Å². The molecule has 0 spiro atoms. The first-order valence-electron chi connectivity index (χ1n) is 9.56. The van der Waals surface area contributed by atoms with Gasteiger partial charge in [-0.1, -0.05) is 19.1 Å². The third-order valence-corrected chi connectivity index (χ3v) is 6.38. The summed E-state index contributed by atoms with van der Waals surface area (Å²) < 4.78 is 38.9. The van der Waals surface area contributed by atoms with Crippen molar-refractivity contribution in [1.82, 2.24) is 9.62 Å². The lowest BCUT2D eigenvalue weighted by atomic mass is 10.2. The van der Waals surface area contributed by atoms with Gasteiger partial charge in [-0.15, -0.1) is 0 Å². The molecule has 0 saturated carbocycles. The Balaban J connectivity index is 1.63. The second kappa shape index (κ2) is 8.84. The van der Waals surface area contributed by atoms with Crippen LogP contribution in [0.2, 0.25) is 0 Å².